The molecule has 2 aromatic rings. The lowest BCUT2D eigenvalue weighted by Crippen LogP contribution is -2.45. The number of likely N-dealkylation sites (tertiary alicyclic amines) is 1. The minimum atomic E-state index is -0.287. The fraction of sp³-hybridized carbons (Fsp3) is 0.333. The lowest BCUT2D eigenvalue weighted by molar-refractivity contribution is -0.111. The molecule has 0 radical (unpaired) electrons. The standard InChI is InChI=1S/C21H25N5O3/c1-3-18(27)23-16-9-7-15(8-10-16)20(28)26-13-5-6-17(14-26)24-21-22-12-11-19(25-21)29-4-2/h3,7-12,17H,1,4-6,13-14H2,2H3,(H,23,27)(H,22,24,25)/t17-/m1/s1. The largest absolute Gasteiger partial charge is 0.478 e. The maximum absolute atomic E-state index is 12.9. The minimum Gasteiger partial charge on any atom is -0.478 e. The monoisotopic (exact) mass is 395 g/mol. The molecule has 0 aliphatic carbocycles. The van der Waals surface area contributed by atoms with Crippen molar-refractivity contribution in [3.05, 3.63) is 54.7 Å². The van der Waals surface area contributed by atoms with Crippen LogP contribution in [0.1, 0.15) is 30.1 Å². The predicted molar refractivity (Wildman–Crippen MR) is 111 cm³/mol. The summed E-state index contributed by atoms with van der Waals surface area (Å²) in [6.45, 7) is 7.13. The van der Waals surface area contributed by atoms with E-state index in [0.717, 1.165) is 12.8 Å². The van der Waals surface area contributed by atoms with Gasteiger partial charge in [-0.25, -0.2) is 4.98 Å². The first-order chi connectivity index (χ1) is 14.1. The van der Waals surface area contributed by atoms with Crippen LogP contribution in [0.25, 0.3) is 0 Å². The molecule has 2 heterocycles. The Morgan fingerprint density at radius 1 is 1.31 bits per heavy atom. The molecule has 0 unspecified atom stereocenters. The Morgan fingerprint density at radius 3 is 2.83 bits per heavy atom. The van der Waals surface area contributed by atoms with Crippen molar-refractivity contribution in [3.8, 4) is 5.88 Å². The van der Waals surface area contributed by atoms with Gasteiger partial charge >= 0.3 is 0 Å². The second-order valence-electron chi connectivity index (χ2n) is 6.66. The quantitative estimate of drug-likeness (QED) is 0.700. The van der Waals surface area contributed by atoms with Gasteiger partial charge in [0.05, 0.1) is 6.61 Å². The third kappa shape index (κ3) is 5.54. The van der Waals surface area contributed by atoms with E-state index in [0.29, 0.717) is 42.8 Å². The van der Waals surface area contributed by atoms with Crippen LogP contribution in [0, 0.1) is 0 Å². The lowest BCUT2D eigenvalue weighted by atomic mass is 10.0. The normalized spacial score (nSPS) is 16.0. The number of benzene rings is 1. The topological polar surface area (TPSA) is 96.5 Å². The molecule has 8 nitrogen and oxygen atoms in total. The molecule has 1 atom stereocenters. The van der Waals surface area contributed by atoms with Crippen molar-refractivity contribution in [2.45, 2.75) is 25.8 Å². The molecule has 8 heteroatoms. The zero-order chi connectivity index (χ0) is 20.6. The van der Waals surface area contributed by atoms with Gasteiger partial charge in [0.1, 0.15) is 0 Å². The first-order valence-corrected chi connectivity index (χ1v) is 9.64. The van der Waals surface area contributed by atoms with Crippen LogP contribution in [0.4, 0.5) is 11.6 Å². The highest BCUT2D eigenvalue weighted by Gasteiger charge is 2.25. The van der Waals surface area contributed by atoms with Gasteiger partial charge in [0, 0.05) is 42.6 Å². The summed E-state index contributed by atoms with van der Waals surface area (Å²) in [6.07, 6.45) is 4.67. The molecular weight excluding hydrogens is 370 g/mol. The van der Waals surface area contributed by atoms with Crippen molar-refractivity contribution in [1.29, 1.82) is 0 Å². The Kier molecular flexibility index (Phi) is 6.78. The third-order valence-electron chi connectivity index (χ3n) is 4.55. The van der Waals surface area contributed by atoms with Crippen molar-refractivity contribution in [1.82, 2.24) is 14.9 Å². The lowest BCUT2D eigenvalue weighted by Gasteiger charge is -2.33. The average Bonchev–Trinajstić information content (AvgIpc) is 2.74. The smallest absolute Gasteiger partial charge is 0.253 e. The van der Waals surface area contributed by atoms with Gasteiger partial charge in [0.2, 0.25) is 17.7 Å². The molecule has 1 aromatic heterocycles. The van der Waals surface area contributed by atoms with Gasteiger partial charge in [-0.3, -0.25) is 9.59 Å². The summed E-state index contributed by atoms with van der Waals surface area (Å²) in [5.74, 6) is 0.696. The SMILES string of the molecule is C=CC(=O)Nc1ccc(C(=O)N2CCC[C@@H](Nc3nccc(OCC)n3)C2)cc1. The number of carbonyl (C=O) groups excluding carboxylic acids is 2. The van der Waals surface area contributed by atoms with E-state index in [1.165, 1.54) is 6.08 Å². The summed E-state index contributed by atoms with van der Waals surface area (Å²) in [7, 11) is 0. The Hall–Kier alpha value is -3.42. The van der Waals surface area contributed by atoms with Crippen molar-refractivity contribution in [2.75, 3.05) is 30.3 Å². The summed E-state index contributed by atoms with van der Waals surface area (Å²) in [5.41, 5.74) is 1.20. The zero-order valence-electron chi connectivity index (χ0n) is 16.4. The van der Waals surface area contributed by atoms with Crippen LogP contribution in [0.3, 0.4) is 0 Å². The number of rotatable bonds is 7. The number of hydrogen-bond donors (Lipinski definition) is 2. The Balaban J connectivity index is 1.61. The van der Waals surface area contributed by atoms with Gasteiger partial charge < -0.3 is 20.3 Å². The van der Waals surface area contributed by atoms with Gasteiger partial charge in [-0.2, -0.15) is 4.98 Å². The molecule has 2 N–H and O–H groups in total. The number of carbonyl (C=O) groups is 2. The number of hydrogen-bond acceptors (Lipinski definition) is 6. The second-order valence-corrected chi connectivity index (χ2v) is 6.66. The molecule has 1 saturated heterocycles. The van der Waals surface area contributed by atoms with E-state index in [-0.39, 0.29) is 17.9 Å². The van der Waals surface area contributed by atoms with Crippen LogP contribution in [-0.2, 0) is 4.79 Å². The Labute approximate surface area is 170 Å². The molecule has 1 fully saturated rings. The van der Waals surface area contributed by atoms with Gasteiger partial charge in [-0.05, 0) is 50.1 Å². The number of amides is 2. The van der Waals surface area contributed by atoms with Gasteiger partial charge in [-0.15, -0.1) is 0 Å². The highest BCUT2D eigenvalue weighted by Crippen LogP contribution is 2.18. The minimum absolute atomic E-state index is 0.0397. The molecular formula is C21H25N5O3. The number of aromatic nitrogens is 2. The zero-order valence-corrected chi connectivity index (χ0v) is 16.4. The van der Waals surface area contributed by atoms with Crippen molar-refractivity contribution >= 4 is 23.5 Å². The van der Waals surface area contributed by atoms with E-state index in [2.05, 4.69) is 27.2 Å². The number of ether oxygens (including phenoxy) is 1. The maximum atomic E-state index is 12.9. The first-order valence-electron chi connectivity index (χ1n) is 9.64. The summed E-state index contributed by atoms with van der Waals surface area (Å²) in [4.78, 5) is 34.6. The predicted octanol–water partition coefficient (Wildman–Crippen LogP) is 2.72. The number of nitrogens with one attached hydrogen (secondary N) is 2. The summed E-state index contributed by atoms with van der Waals surface area (Å²) in [5, 5.41) is 5.97. The van der Waals surface area contributed by atoms with Crippen LogP contribution in [0.2, 0.25) is 0 Å². The van der Waals surface area contributed by atoms with E-state index < -0.39 is 0 Å². The highest BCUT2D eigenvalue weighted by molar-refractivity contribution is 5.99. The van der Waals surface area contributed by atoms with Crippen LogP contribution in [0.5, 0.6) is 5.88 Å². The van der Waals surface area contributed by atoms with Crippen LogP contribution >= 0.6 is 0 Å². The first kappa shape index (κ1) is 20.3. The van der Waals surface area contributed by atoms with E-state index >= 15 is 0 Å². The molecule has 1 aliphatic heterocycles. The van der Waals surface area contributed by atoms with Crippen LogP contribution in [0.15, 0.2) is 49.2 Å². The van der Waals surface area contributed by atoms with Gasteiger partial charge in [-0.1, -0.05) is 6.58 Å². The molecule has 152 valence electrons. The number of nitrogens with zero attached hydrogens (tertiary/aromatic N) is 3. The fourth-order valence-corrected chi connectivity index (χ4v) is 3.17. The fourth-order valence-electron chi connectivity index (χ4n) is 3.17. The summed E-state index contributed by atoms with van der Waals surface area (Å²) < 4.78 is 5.41. The molecule has 0 saturated carbocycles. The third-order valence-corrected chi connectivity index (χ3v) is 4.55. The summed E-state index contributed by atoms with van der Waals surface area (Å²) in [6, 6.07) is 8.63. The van der Waals surface area contributed by atoms with E-state index in [4.69, 9.17) is 4.74 Å². The van der Waals surface area contributed by atoms with Crippen molar-refractivity contribution in [3.63, 3.8) is 0 Å². The van der Waals surface area contributed by atoms with E-state index in [1.807, 2.05) is 11.8 Å². The van der Waals surface area contributed by atoms with Gasteiger partial charge in [0.25, 0.3) is 5.91 Å². The average molecular weight is 395 g/mol. The molecule has 0 bridgehead atoms. The van der Waals surface area contributed by atoms with E-state index in [9.17, 15) is 9.59 Å². The molecule has 29 heavy (non-hydrogen) atoms. The van der Waals surface area contributed by atoms with Crippen molar-refractivity contribution < 1.29 is 14.3 Å². The van der Waals surface area contributed by atoms with Crippen LogP contribution < -0.4 is 15.4 Å². The Bertz CT molecular complexity index is 869. The number of piperidine rings is 1. The van der Waals surface area contributed by atoms with Crippen LogP contribution in [-0.4, -0.2) is 52.4 Å². The molecule has 1 aromatic carbocycles. The highest BCUT2D eigenvalue weighted by atomic mass is 16.5. The molecule has 1 aliphatic rings. The molecule has 2 amide bonds. The summed E-state index contributed by atoms with van der Waals surface area (Å²) >= 11 is 0. The molecule has 0 spiro atoms. The van der Waals surface area contributed by atoms with Gasteiger partial charge in [0.15, 0.2) is 0 Å². The maximum Gasteiger partial charge on any atom is 0.253 e. The number of anilines is 2. The Morgan fingerprint density at radius 2 is 2.10 bits per heavy atom. The second kappa shape index (κ2) is 9.68. The van der Waals surface area contributed by atoms with Crippen molar-refractivity contribution in [2.24, 2.45) is 0 Å². The van der Waals surface area contributed by atoms with E-state index in [1.54, 1.807) is 36.5 Å². The molecule has 3 rings (SSSR count).